The number of aromatic nitrogens is 1. The molecule has 1 aromatic heterocycles. The average Bonchev–Trinajstić information content (AvgIpc) is 3.02. The molecule has 1 aliphatic heterocycles. The number of likely N-dealkylation sites (tertiary alicyclic amines) is 1. The zero-order chi connectivity index (χ0) is 23.5. The summed E-state index contributed by atoms with van der Waals surface area (Å²) in [7, 11) is 0. The van der Waals surface area contributed by atoms with Crippen molar-refractivity contribution in [2.45, 2.75) is 64.4 Å². The monoisotopic (exact) mass is 472 g/mol. The lowest BCUT2D eigenvalue weighted by molar-refractivity contribution is -0.135. The van der Waals surface area contributed by atoms with Gasteiger partial charge in [-0.15, -0.1) is 23.1 Å². The molecule has 0 N–H and O–H groups in total. The molecule has 0 spiro atoms. The van der Waals surface area contributed by atoms with Crippen LogP contribution >= 0.6 is 23.1 Å². The molecule has 5 nitrogen and oxygen atoms in total. The van der Waals surface area contributed by atoms with Gasteiger partial charge in [-0.3, -0.25) is 19.0 Å². The van der Waals surface area contributed by atoms with Gasteiger partial charge in [0.2, 0.25) is 5.91 Å². The van der Waals surface area contributed by atoms with Crippen LogP contribution < -0.4 is 14.8 Å². The number of carbonyl (C=O) groups is 2. The number of thiazole rings is 1. The van der Waals surface area contributed by atoms with Crippen LogP contribution in [0.25, 0.3) is 12.2 Å². The molecule has 2 aromatic rings. The standard InChI is InChI=1S/C25H32N2O3S2/c1-17-8-6-7-13-26(17)22(29)16-27-23(15-21(28)25(2,3)4)32-20(24(27)30)14-18-9-11-19(31-5)12-10-18/h9-12,14-15,17H,6-8,13,16H2,1-5H3. The van der Waals surface area contributed by atoms with Gasteiger partial charge in [-0.25, -0.2) is 0 Å². The Morgan fingerprint density at radius 2 is 1.88 bits per heavy atom. The van der Waals surface area contributed by atoms with Gasteiger partial charge in [0.05, 0.1) is 4.53 Å². The Kier molecular flexibility index (Phi) is 7.83. The highest BCUT2D eigenvalue weighted by Crippen LogP contribution is 2.17. The largest absolute Gasteiger partial charge is 0.338 e. The quantitative estimate of drug-likeness (QED) is 0.627. The normalized spacial score (nSPS) is 18.3. The van der Waals surface area contributed by atoms with Crippen LogP contribution in [-0.4, -0.2) is 40.0 Å². The summed E-state index contributed by atoms with van der Waals surface area (Å²) in [5, 5.41) is 0. The van der Waals surface area contributed by atoms with E-state index in [0.717, 1.165) is 36.3 Å². The molecule has 0 bridgehead atoms. The molecule has 0 saturated carbocycles. The van der Waals surface area contributed by atoms with Crippen molar-refractivity contribution in [2.24, 2.45) is 5.41 Å². The van der Waals surface area contributed by atoms with Crippen LogP contribution in [0.2, 0.25) is 0 Å². The van der Waals surface area contributed by atoms with Crippen molar-refractivity contribution in [3.05, 3.63) is 49.4 Å². The summed E-state index contributed by atoms with van der Waals surface area (Å²) < 4.78 is 2.52. The minimum atomic E-state index is -0.562. The second kappa shape index (κ2) is 10.2. The van der Waals surface area contributed by atoms with E-state index in [1.165, 1.54) is 22.0 Å². The van der Waals surface area contributed by atoms with Gasteiger partial charge in [-0.1, -0.05) is 32.9 Å². The Morgan fingerprint density at radius 1 is 1.19 bits per heavy atom. The molecule has 1 amide bonds. The molecule has 1 atom stereocenters. The maximum absolute atomic E-state index is 13.3. The van der Waals surface area contributed by atoms with E-state index in [2.05, 4.69) is 6.92 Å². The van der Waals surface area contributed by atoms with Gasteiger partial charge in [0.15, 0.2) is 5.78 Å². The Labute approximate surface area is 197 Å². The fourth-order valence-electron chi connectivity index (χ4n) is 3.67. The number of thioether (sulfide) groups is 1. The lowest BCUT2D eigenvalue weighted by Crippen LogP contribution is -2.46. The predicted molar refractivity (Wildman–Crippen MR) is 134 cm³/mol. The van der Waals surface area contributed by atoms with Gasteiger partial charge in [0.25, 0.3) is 5.56 Å². The van der Waals surface area contributed by atoms with Crippen LogP contribution in [0.1, 0.15) is 52.5 Å². The summed E-state index contributed by atoms with van der Waals surface area (Å²) >= 11 is 2.93. The number of amides is 1. The van der Waals surface area contributed by atoms with Crippen molar-refractivity contribution in [2.75, 3.05) is 12.8 Å². The van der Waals surface area contributed by atoms with Crippen molar-refractivity contribution in [1.82, 2.24) is 9.47 Å². The summed E-state index contributed by atoms with van der Waals surface area (Å²) in [6.07, 6.45) is 8.47. The van der Waals surface area contributed by atoms with Crippen molar-refractivity contribution in [1.29, 1.82) is 0 Å². The molecule has 1 saturated heterocycles. The highest BCUT2D eigenvalue weighted by molar-refractivity contribution is 7.98. The van der Waals surface area contributed by atoms with Crippen molar-refractivity contribution in [3.8, 4) is 0 Å². The number of carbonyl (C=O) groups excluding carboxylic acids is 2. The van der Waals surface area contributed by atoms with Gasteiger partial charge in [-0.05, 0) is 56.2 Å². The molecule has 172 valence electrons. The van der Waals surface area contributed by atoms with Gasteiger partial charge < -0.3 is 4.90 Å². The molecule has 1 unspecified atom stereocenters. The molecule has 0 radical (unpaired) electrons. The zero-order valence-corrected chi connectivity index (χ0v) is 21.1. The van der Waals surface area contributed by atoms with E-state index >= 15 is 0 Å². The number of piperidine rings is 1. The molecule has 2 heterocycles. The Bertz CT molecular complexity index is 1150. The summed E-state index contributed by atoms with van der Waals surface area (Å²) in [5.74, 6) is -0.131. The number of benzene rings is 1. The van der Waals surface area contributed by atoms with Crippen LogP contribution in [0.4, 0.5) is 0 Å². The third-order valence-electron chi connectivity index (χ3n) is 5.76. The number of rotatable bonds is 5. The van der Waals surface area contributed by atoms with Gasteiger partial charge in [-0.2, -0.15) is 0 Å². The third-order valence-corrected chi connectivity index (χ3v) is 7.56. The first-order chi connectivity index (χ1) is 15.1. The molecule has 1 aromatic carbocycles. The maximum atomic E-state index is 13.3. The van der Waals surface area contributed by atoms with Crippen LogP contribution in [-0.2, 0) is 16.1 Å². The van der Waals surface area contributed by atoms with Gasteiger partial charge in [0.1, 0.15) is 11.2 Å². The smallest absolute Gasteiger partial charge is 0.269 e. The molecule has 7 heteroatoms. The molecule has 1 fully saturated rings. The Balaban J connectivity index is 2.06. The number of hydrogen-bond acceptors (Lipinski definition) is 5. The molecule has 3 rings (SSSR count). The molecule has 32 heavy (non-hydrogen) atoms. The second-order valence-corrected chi connectivity index (χ2v) is 11.2. The van der Waals surface area contributed by atoms with E-state index in [4.69, 9.17) is 0 Å². The lowest BCUT2D eigenvalue weighted by Gasteiger charge is -2.33. The fraction of sp³-hybridized carbons (Fsp3) is 0.480. The average molecular weight is 473 g/mol. The van der Waals surface area contributed by atoms with Crippen molar-refractivity contribution >= 4 is 46.9 Å². The third kappa shape index (κ3) is 5.81. The first-order valence-corrected chi connectivity index (χ1v) is 13.1. The van der Waals surface area contributed by atoms with E-state index < -0.39 is 5.41 Å². The fourth-order valence-corrected chi connectivity index (χ4v) is 5.12. The van der Waals surface area contributed by atoms with Crippen LogP contribution in [0.3, 0.4) is 0 Å². The van der Waals surface area contributed by atoms with Crippen LogP contribution in [0, 0.1) is 5.41 Å². The van der Waals surface area contributed by atoms with Crippen LogP contribution in [0.5, 0.6) is 0 Å². The highest BCUT2D eigenvalue weighted by atomic mass is 32.2. The first-order valence-electron chi connectivity index (χ1n) is 11.0. The van der Waals surface area contributed by atoms with E-state index in [9.17, 15) is 14.4 Å². The first kappa shape index (κ1) is 24.5. The SMILES string of the molecule is CSc1ccc(C=c2sc(=CC(=O)C(C)(C)C)n(CC(=O)N3CCCCC3C)c2=O)cc1. The Morgan fingerprint density at radius 3 is 2.47 bits per heavy atom. The Hall–Kier alpha value is -2.12. The van der Waals surface area contributed by atoms with E-state index in [0.29, 0.717) is 9.20 Å². The minimum Gasteiger partial charge on any atom is -0.338 e. The summed E-state index contributed by atoms with van der Waals surface area (Å²) in [6.45, 7) is 8.29. The zero-order valence-electron chi connectivity index (χ0n) is 19.5. The summed E-state index contributed by atoms with van der Waals surface area (Å²) in [5.41, 5.74) is 0.126. The van der Waals surface area contributed by atoms with Gasteiger partial charge in [0, 0.05) is 29.0 Å². The minimum absolute atomic E-state index is 0.0395. The second-order valence-electron chi connectivity index (χ2n) is 9.30. The van der Waals surface area contributed by atoms with E-state index in [1.54, 1.807) is 11.8 Å². The maximum Gasteiger partial charge on any atom is 0.269 e. The summed E-state index contributed by atoms with van der Waals surface area (Å²) in [4.78, 5) is 42.1. The van der Waals surface area contributed by atoms with E-state index in [-0.39, 0.29) is 29.8 Å². The lowest BCUT2D eigenvalue weighted by atomic mass is 9.91. The van der Waals surface area contributed by atoms with Crippen LogP contribution in [0.15, 0.2) is 34.0 Å². The molecular weight excluding hydrogens is 440 g/mol. The topological polar surface area (TPSA) is 59.4 Å². The summed E-state index contributed by atoms with van der Waals surface area (Å²) in [6, 6.07) is 8.15. The predicted octanol–water partition coefficient (Wildman–Crippen LogP) is 3.26. The number of hydrogen-bond donors (Lipinski definition) is 0. The molecule has 0 aliphatic carbocycles. The highest BCUT2D eigenvalue weighted by Gasteiger charge is 2.25. The number of nitrogens with zero attached hydrogens (tertiary/aromatic N) is 2. The van der Waals surface area contributed by atoms with Crippen molar-refractivity contribution in [3.63, 3.8) is 0 Å². The number of ketones is 1. The molecule has 1 aliphatic rings. The van der Waals surface area contributed by atoms with Crippen molar-refractivity contribution < 1.29 is 9.59 Å². The van der Waals surface area contributed by atoms with Gasteiger partial charge >= 0.3 is 0 Å². The van der Waals surface area contributed by atoms with E-state index in [1.807, 2.05) is 62.3 Å². The number of Topliss-reactive ketones (excluding diaryl/α,β-unsaturated/α-hetero) is 1. The molecular formula is C25H32N2O3S2.